The van der Waals surface area contributed by atoms with Crippen molar-refractivity contribution < 1.29 is 40.5 Å². The third kappa shape index (κ3) is 3.47. The SMILES string of the molecule is CC(C)(C)N1CCC2(CC1=O)c1nc3c(OS(=O)(=O)C(F)(F)F)cccc3n1CN2C(=O)O. The van der Waals surface area contributed by atoms with Crippen LogP contribution < -0.4 is 4.18 Å². The number of carboxylic acid groups (broad SMARTS) is 1. The Morgan fingerprint density at radius 3 is 2.45 bits per heavy atom. The van der Waals surface area contributed by atoms with Gasteiger partial charge in [-0.15, -0.1) is 0 Å². The summed E-state index contributed by atoms with van der Waals surface area (Å²) in [5.74, 6) is -0.777. The molecule has 1 aromatic heterocycles. The van der Waals surface area contributed by atoms with E-state index in [0.717, 1.165) is 11.0 Å². The number of fused-ring (bicyclic) bond motifs is 4. The topological polar surface area (TPSA) is 122 Å². The fourth-order valence-corrected chi connectivity index (χ4v) is 4.95. The Labute approximate surface area is 186 Å². The van der Waals surface area contributed by atoms with Gasteiger partial charge in [-0.2, -0.15) is 21.6 Å². The minimum Gasteiger partial charge on any atom is -0.465 e. The predicted molar refractivity (Wildman–Crippen MR) is 108 cm³/mol. The van der Waals surface area contributed by atoms with Gasteiger partial charge in [0.2, 0.25) is 5.91 Å². The fourth-order valence-electron chi connectivity index (χ4n) is 4.48. The molecule has 1 saturated heterocycles. The third-order valence-corrected chi connectivity index (χ3v) is 6.94. The van der Waals surface area contributed by atoms with E-state index in [2.05, 4.69) is 9.17 Å². The Kier molecular flexibility index (Phi) is 4.90. The van der Waals surface area contributed by atoms with Gasteiger partial charge in [-0.1, -0.05) is 6.07 Å². The number of para-hydroxylation sites is 1. The first kappa shape index (κ1) is 23.1. The highest BCUT2D eigenvalue weighted by atomic mass is 32.2. The molecule has 1 aromatic carbocycles. The van der Waals surface area contributed by atoms with E-state index in [0.29, 0.717) is 0 Å². The van der Waals surface area contributed by atoms with Gasteiger partial charge < -0.3 is 18.8 Å². The third-order valence-electron chi connectivity index (χ3n) is 5.97. The number of amides is 2. The first-order valence-corrected chi connectivity index (χ1v) is 11.3. The molecule has 0 aliphatic carbocycles. The molecule has 1 unspecified atom stereocenters. The fraction of sp³-hybridized carbons (Fsp3) is 0.526. The number of nitrogens with zero attached hydrogens (tertiary/aromatic N) is 4. The average molecular weight is 490 g/mol. The lowest BCUT2D eigenvalue weighted by molar-refractivity contribution is -0.144. The van der Waals surface area contributed by atoms with Crippen LogP contribution in [-0.2, 0) is 27.1 Å². The van der Waals surface area contributed by atoms with E-state index in [9.17, 15) is 36.3 Å². The molecule has 10 nitrogen and oxygen atoms in total. The molecule has 2 aliphatic heterocycles. The molecular formula is C19H21F3N4O6S. The number of hydrogen-bond acceptors (Lipinski definition) is 6. The van der Waals surface area contributed by atoms with Gasteiger partial charge in [0.1, 0.15) is 23.5 Å². The standard InChI is InChI=1S/C19H21F3N4O6S/c1-17(2,3)25-8-7-18(9-13(25)27)15-23-14-11(24(15)10-26(18)16(28)29)5-4-6-12(14)32-33(30,31)19(20,21)22/h4-6H,7-10H2,1-3H3,(H,28,29). The van der Waals surface area contributed by atoms with Crippen LogP contribution in [0, 0.1) is 0 Å². The Balaban J connectivity index is 1.83. The predicted octanol–water partition coefficient (Wildman–Crippen LogP) is 2.83. The molecule has 1 atom stereocenters. The summed E-state index contributed by atoms with van der Waals surface area (Å²) in [7, 11) is -5.94. The number of likely N-dealkylation sites (tertiary alicyclic amines) is 1. The van der Waals surface area contributed by atoms with Crippen molar-refractivity contribution in [2.45, 2.75) is 56.9 Å². The largest absolute Gasteiger partial charge is 0.534 e. The molecule has 0 saturated carbocycles. The van der Waals surface area contributed by atoms with E-state index in [-0.39, 0.29) is 48.8 Å². The molecule has 3 heterocycles. The molecule has 1 spiro atoms. The highest BCUT2D eigenvalue weighted by molar-refractivity contribution is 7.88. The van der Waals surface area contributed by atoms with Crippen LogP contribution >= 0.6 is 0 Å². The van der Waals surface area contributed by atoms with Crippen LogP contribution in [-0.4, -0.2) is 62.5 Å². The van der Waals surface area contributed by atoms with Gasteiger partial charge in [-0.05, 0) is 39.3 Å². The van der Waals surface area contributed by atoms with Crippen molar-refractivity contribution in [1.29, 1.82) is 0 Å². The van der Waals surface area contributed by atoms with Crippen molar-refractivity contribution in [2.24, 2.45) is 0 Å². The van der Waals surface area contributed by atoms with Gasteiger partial charge in [-0.25, -0.2) is 9.78 Å². The molecule has 1 N–H and O–H groups in total. The number of rotatable bonds is 2. The van der Waals surface area contributed by atoms with Crippen LogP contribution in [0.5, 0.6) is 5.75 Å². The number of imidazole rings is 1. The van der Waals surface area contributed by atoms with Gasteiger partial charge >= 0.3 is 21.7 Å². The van der Waals surface area contributed by atoms with Crippen molar-refractivity contribution in [3.8, 4) is 5.75 Å². The van der Waals surface area contributed by atoms with Crippen LogP contribution in [0.1, 0.15) is 39.4 Å². The first-order chi connectivity index (χ1) is 15.1. The minimum absolute atomic E-state index is 0.155. The maximum Gasteiger partial charge on any atom is 0.534 e. The Hall–Kier alpha value is -3.03. The van der Waals surface area contributed by atoms with Crippen molar-refractivity contribution in [3.63, 3.8) is 0 Å². The zero-order valence-electron chi connectivity index (χ0n) is 17.9. The van der Waals surface area contributed by atoms with Gasteiger partial charge in [0.25, 0.3) is 0 Å². The average Bonchev–Trinajstić information content (AvgIpc) is 3.16. The highest BCUT2D eigenvalue weighted by Crippen LogP contribution is 2.47. The summed E-state index contributed by atoms with van der Waals surface area (Å²) >= 11 is 0. The summed E-state index contributed by atoms with van der Waals surface area (Å²) in [5, 5.41) is 9.83. The van der Waals surface area contributed by atoms with Crippen LogP contribution in [0.2, 0.25) is 0 Å². The molecule has 2 amide bonds. The van der Waals surface area contributed by atoms with Crippen molar-refractivity contribution in [2.75, 3.05) is 6.54 Å². The number of alkyl halides is 3. The Morgan fingerprint density at radius 1 is 1.24 bits per heavy atom. The summed E-state index contributed by atoms with van der Waals surface area (Å²) in [6.07, 6.45) is -1.28. The van der Waals surface area contributed by atoms with Crippen LogP contribution in [0.3, 0.4) is 0 Å². The molecule has 0 bridgehead atoms. The number of aromatic nitrogens is 2. The maximum atomic E-state index is 13.0. The first-order valence-electron chi connectivity index (χ1n) is 9.90. The molecule has 2 aliphatic rings. The van der Waals surface area contributed by atoms with Gasteiger partial charge in [0.15, 0.2) is 5.75 Å². The van der Waals surface area contributed by atoms with E-state index in [1.807, 2.05) is 20.8 Å². The maximum absolute atomic E-state index is 13.0. The Bertz CT molecular complexity index is 1270. The Morgan fingerprint density at radius 2 is 1.91 bits per heavy atom. The van der Waals surface area contributed by atoms with Crippen molar-refractivity contribution in [3.05, 3.63) is 24.0 Å². The monoisotopic (exact) mass is 490 g/mol. The zero-order valence-corrected chi connectivity index (χ0v) is 18.7. The number of hydrogen-bond donors (Lipinski definition) is 1. The van der Waals surface area contributed by atoms with E-state index >= 15 is 0 Å². The normalized spacial score (nSPS) is 21.7. The van der Waals surface area contributed by atoms with E-state index in [1.54, 1.807) is 4.90 Å². The van der Waals surface area contributed by atoms with E-state index in [1.165, 1.54) is 16.7 Å². The van der Waals surface area contributed by atoms with Crippen LogP contribution in [0.4, 0.5) is 18.0 Å². The molecule has 0 radical (unpaired) electrons. The van der Waals surface area contributed by atoms with Gasteiger partial charge in [0.05, 0.1) is 11.9 Å². The molecular weight excluding hydrogens is 469 g/mol. The van der Waals surface area contributed by atoms with E-state index in [4.69, 9.17) is 0 Å². The summed E-state index contributed by atoms with van der Waals surface area (Å²) in [6, 6.07) is 3.77. The second kappa shape index (κ2) is 6.98. The molecule has 33 heavy (non-hydrogen) atoms. The second-order valence-electron chi connectivity index (χ2n) is 9.00. The van der Waals surface area contributed by atoms with Crippen LogP contribution in [0.25, 0.3) is 11.0 Å². The summed E-state index contributed by atoms with van der Waals surface area (Å²) in [4.78, 5) is 32.1. The van der Waals surface area contributed by atoms with Crippen LogP contribution in [0.15, 0.2) is 18.2 Å². The minimum atomic E-state index is -5.94. The lowest BCUT2D eigenvalue weighted by Gasteiger charge is -2.46. The number of halogens is 3. The van der Waals surface area contributed by atoms with Crippen molar-refractivity contribution >= 4 is 33.2 Å². The quantitative estimate of drug-likeness (QED) is 0.507. The second-order valence-corrected chi connectivity index (χ2v) is 10.5. The zero-order chi connectivity index (χ0) is 24.6. The molecule has 1 fully saturated rings. The molecule has 2 aromatic rings. The van der Waals surface area contributed by atoms with Gasteiger partial charge in [0, 0.05) is 12.1 Å². The van der Waals surface area contributed by atoms with Crippen molar-refractivity contribution in [1.82, 2.24) is 19.4 Å². The number of carbonyl (C=O) groups excluding carboxylic acids is 1. The molecule has 4 rings (SSSR count). The summed E-state index contributed by atoms with van der Waals surface area (Å²) in [5.41, 5.74) is -7.45. The lowest BCUT2D eigenvalue weighted by Crippen LogP contribution is -2.58. The lowest BCUT2D eigenvalue weighted by atomic mass is 9.83. The smallest absolute Gasteiger partial charge is 0.465 e. The molecule has 180 valence electrons. The summed E-state index contributed by atoms with van der Waals surface area (Å²) < 4.78 is 67.3. The highest BCUT2D eigenvalue weighted by Gasteiger charge is 2.55. The van der Waals surface area contributed by atoms with E-state index < -0.39 is 38.5 Å². The summed E-state index contributed by atoms with van der Waals surface area (Å²) in [6.45, 7) is 5.58. The number of piperidine rings is 1. The van der Waals surface area contributed by atoms with Gasteiger partial charge in [-0.3, -0.25) is 9.69 Å². The molecule has 14 heteroatoms. The number of carbonyl (C=O) groups is 2. The number of benzene rings is 1.